The van der Waals surface area contributed by atoms with Gasteiger partial charge in [0, 0.05) is 18.2 Å². The lowest BCUT2D eigenvalue weighted by Crippen LogP contribution is -1.95. The molecule has 0 radical (unpaired) electrons. The van der Waals surface area contributed by atoms with Crippen molar-refractivity contribution in [2.45, 2.75) is 0 Å². The number of aryl methyl sites for hydroxylation is 1. The highest BCUT2D eigenvalue weighted by molar-refractivity contribution is 7.23. The first-order valence-electron chi connectivity index (χ1n) is 18.2. The molecular formula is C45H27N9S. The lowest BCUT2D eigenvalue weighted by atomic mass is 10.1. The number of para-hydroxylation sites is 6. The van der Waals surface area contributed by atoms with Crippen molar-refractivity contribution in [1.82, 2.24) is 42.3 Å². The van der Waals surface area contributed by atoms with Gasteiger partial charge in [-0.2, -0.15) is 0 Å². The Balaban J connectivity index is 0.977. The van der Waals surface area contributed by atoms with Crippen LogP contribution in [0.1, 0.15) is 0 Å². The molecule has 0 spiro atoms. The van der Waals surface area contributed by atoms with E-state index in [1.54, 1.807) is 11.3 Å². The Labute approximate surface area is 315 Å². The topological polar surface area (TPSA) is 74.6 Å². The summed E-state index contributed by atoms with van der Waals surface area (Å²) < 4.78 is 12.4. The molecule has 0 aliphatic rings. The van der Waals surface area contributed by atoms with E-state index in [2.05, 4.69) is 157 Å². The van der Waals surface area contributed by atoms with Gasteiger partial charge in [0.2, 0.25) is 11.6 Å². The number of benzene rings is 6. The first-order valence-corrected chi connectivity index (χ1v) is 19.0. The molecule has 0 saturated carbocycles. The average Bonchev–Trinajstić information content (AvgIpc) is 4.06. The molecule has 7 heterocycles. The van der Waals surface area contributed by atoms with E-state index in [0.717, 1.165) is 105 Å². The van der Waals surface area contributed by atoms with Crippen molar-refractivity contribution in [2.24, 2.45) is 7.05 Å². The maximum atomic E-state index is 5.26. The zero-order valence-corrected chi connectivity index (χ0v) is 30.1. The Kier molecular flexibility index (Phi) is 5.54. The second kappa shape index (κ2) is 10.4. The molecule has 0 unspecified atom stereocenters. The zero-order valence-electron chi connectivity index (χ0n) is 29.3. The molecule has 13 aromatic rings. The van der Waals surface area contributed by atoms with Crippen LogP contribution in [0.15, 0.2) is 146 Å². The van der Waals surface area contributed by atoms with Crippen LogP contribution in [0.2, 0.25) is 0 Å². The molecule has 0 aliphatic carbocycles. The van der Waals surface area contributed by atoms with E-state index < -0.39 is 0 Å². The van der Waals surface area contributed by atoms with Gasteiger partial charge >= 0.3 is 0 Å². The largest absolute Gasteiger partial charge is 0.313 e. The lowest BCUT2D eigenvalue weighted by Gasteiger charge is -2.08. The van der Waals surface area contributed by atoms with Crippen LogP contribution in [-0.2, 0) is 7.05 Å². The Hall–Kier alpha value is -7.30. The first kappa shape index (κ1) is 29.2. The summed E-state index contributed by atoms with van der Waals surface area (Å²) >= 11 is 1.71. The third kappa shape index (κ3) is 3.90. The van der Waals surface area contributed by atoms with Gasteiger partial charge < -0.3 is 4.57 Å². The smallest absolute Gasteiger partial charge is 0.220 e. The highest BCUT2D eigenvalue weighted by Gasteiger charge is 2.20. The standard InChI is InChI=1S/C45H27N9S/c1-50-37-20-17-26(23-40(37)52-34-14-5-2-9-31(34)47-43(50)52)29-12-8-13-30(46-29)27-18-21-38-41(24-27)53-35-15-6-3-10-32(35)48-44(53)51(38)28-19-22-39-42(25-28)55-45-49-33-11-4-7-16-36(33)54(39)45/h2-25H,1H3. The van der Waals surface area contributed by atoms with Gasteiger partial charge in [-0.1, -0.05) is 65.9 Å². The van der Waals surface area contributed by atoms with Crippen LogP contribution >= 0.6 is 11.3 Å². The first-order chi connectivity index (χ1) is 27.2. The molecular weight excluding hydrogens is 699 g/mol. The number of pyridine rings is 1. The van der Waals surface area contributed by atoms with Gasteiger partial charge in [-0.15, -0.1) is 0 Å². The SMILES string of the molecule is Cn1c2ccc(-c3cccc(-c4ccc5c(c4)n4c6ccccc6nc4n5-c4ccc5c(c4)sc4nc6ccccc6n45)n3)cc2n2c3ccccc3nc12. The molecule has 13 rings (SSSR count). The third-order valence-corrected chi connectivity index (χ3v) is 12.1. The van der Waals surface area contributed by atoms with Crippen LogP contribution in [0.3, 0.4) is 0 Å². The molecule has 0 atom stereocenters. The van der Waals surface area contributed by atoms with Crippen LogP contribution in [-0.4, -0.2) is 42.3 Å². The average molecular weight is 726 g/mol. The molecule has 9 nitrogen and oxygen atoms in total. The van der Waals surface area contributed by atoms with Crippen LogP contribution < -0.4 is 0 Å². The Morgan fingerprint density at radius 1 is 0.418 bits per heavy atom. The molecule has 0 fully saturated rings. The van der Waals surface area contributed by atoms with Crippen LogP contribution in [0, 0.1) is 0 Å². The number of imidazole rings is 5. The van der Waals surface area contributed by atoms with Gasteiger partial charge in [-0.05, 0) is 91.0 Å². The monoisotopic (exact) mass is 725 g/mol. The van der Waals surface area contributed by atoms with Crippen molar-refractivity contribution < 1.29 is 0 Å². The number of fused-ring (bicyclic) bond motifs is 15. The predicted molar refractivity (Wildman–Crippen MR) is 223 cm³/mol. The van der Waals surface area contributed by atoms with E-state index in [1.807, 2.05) is 18.2 Å². The molecule has 0 bridgehead atoms. The maximum absolute atomic E-state index is 5.26. The van der Waals surface area contributed by atoms with Crippen LogP contribution in [0.5, 0.6) is 0 Å². The Morgan fingerprint density at radius 3 is 1.69 bits per heavy atom. The van der Waals surface area contributed by atoms with Crippen molar-refractivity contribution in [3.05, 3.63) is 146 Å². The minimum Gasteiger partial charge on any atom is -0.313 e. The fourth-order valence-corrected chi connectivity index (χ4v) is 9.68. The van der Waals surface area contributed by atoms with Gasteiger partial charge in [0.05, 0.1) is 82.5 Å². The lowest BCUT2D eigenvalue weighted by molar-refractivity contribution is 0.973. The van der Waals surface area contributed by atoms with E-state index in [9.17, 15) is 0 Å². The second-order valence-electron chi connectivity index (χ2n) is 14.2. The summed E-state index contributed by atoms with van der Waals surface area (Å²) in [6.45, 7) is 0. The quantitative estimate of drug-likeness (QED) is 0.182. The number of aromatic nitrogens is 9. The van der Waals surface area contributed by atoms with Crippen molar-refractivity contribution in [1.29, 1.82) is 0 Å². The van der Waals surface area contributed by atoms with Gasteiger partial charge in [-0.25, -0.2) is 19.9 Å². The highest BCUT2D eigenvalue weighted by atomic mass is 32.1. The molecule has 55 heavy (non-hydrogen) atoms. The minimum absolute atomic E-state index is 0.871. The number of nitrogens with zero attached hydrogens (tertiary/aromatic N) is 9. The van der Waals surface area contributed by atoms with Crippen LogP contribution in [0.4, 0.5) is 0 Å². The van der Waals surface area contributed by atoms with Gasteiger partial charge in [0.15, 0.2) is 4.96 Å². The van der Waals surface area contributed by atoms with E-state index in [0.29, 0.717) is 0 Å². The van der Waals surface area contributed by atoms with Crippen molar-refractivity contribution in [2.75, 3.05) is 0 Å². The van der Waals surface area contributed by atoms with Crippen LogP contribution in [0.25, 0.3) is 110 Å². The second-order valence-corrected chi connectivity index (χ2v) is 15.2. The highest BCUT2D eigenvalue weighted by Crippen LogP contribution is 2.36. The normalized spacial score (nSPS) is 12.5. The summed E-state index contributed by atoms with van der Waals surface area (Å²) in [5.41, 5.74) is 16.8. The van der Waals surface area contributed by atoms with E-state index in [4.69, 9.17) is 19.9 Å². The Morgan fingerprint density at radius 2 is 0.982 bits per heavy atom. The van der Waals surface area contributed by atoms with Crippen molar-refractivity contribution in [3.8, 4) is 28.2 Å². The maximum Gasteiger partial charge on any atom is 0.220 e. The summed E-state index contributed by atoms with van der Waals surface area (Å²) in [5, 5.41) is 0. The summed E-state index contributed by atoms with van der Waals surface area (Å²) in [4.78, 5) is 21.3. The van der Waals surface area contributed by atoms with E-state index in [-0.39, 0.29) is 0 Å². The number of rotatable bonds is 3. The van der Waals surface area contributed by atoms with Crippen molar-refractivity contribution >= 4 is 93.2 Å². The van der Waals surface area contributed by atoms with Gasteiger partial charge in [0.25, 0.3) is 0 Å². The molecule has 258 valence electrons. The summed E-state index contributed by atoms with van der Waals surface area (Å²) in [6.07, 6.45) is 0. The van der Waals surface area contributed by atoms with Gasteiger partial charge in [0.1, 0.15) is 0 Å². The van der Waals surface area contributed by atoms with Crippen molar-refractivity contribution in [3.63, 3.8) is 0 Å². The zero-order chi connectivity index (χ0) is 35.9. The third-order valence-electron chi connectivity index (χ3n) is 11.1. The summed E-state index contributed by atoms with van der Waals surface area (Å²) in [5.74, 6) is 1.79. The minimum atomic E-state index is 0.871. The fraction of sp³-hybridized carbons (Fsp3) is 0.0222. The molecule has 6 aromatic carbocycles. The molecule has 10 heteroatoms. The Bertz CT molecular complexity index is 3760. The predicted octanol–water partition coefficient (Wildman–Crippen LogP) is 10.5. The molecule has 0 N–H and O–H groups in total. The summed E-state index contributed by atoms with van der Waals surface area (Å²) in [6, 6.07) is 51.2. The molecule has 7 aromatic heterocycles. The molecule has 0 amide bonds. The number of hydrogen-bond acceptors (Lipinski definition) is 5. The molecule has 0 aliphatic heterocycles. The number of hydrogen-bond donors (Lipinski definition) is 0. The molecule has 0 saturated heterocycles. The fourth-order valence-electron chi connectivity index (χ4n) is 8.61. The van der Waals surface area contributed by atoms with Gasteiger partial charge in [-0.3, -0.25) is 17.8 Å². The van der Waals surface area contributed by atoms with E-state index >= 15 is 0 Å². The number of thiazole rings is 1. The van der Waals surface area contributed by atoms with E-state index in [1.165, 1.54) is 4.70 Å². The summed E-state index contributed by atoms with van der Waals surface area (Å²) in [7, 11) is 2.08.